The van der Waals surface area contributed by atoms with Crippen molar-refractivity contribution < 1.29 is 14.3 Å². The van der Waals surface area contributed by atoms with Crippen LogP contribution in [-0.4, -0.2) is 55.7 Å². The van der Waals surface area contributed by atoms with Crippen LogP contribution in [0.4, 0.5) is 0 Å². The van der Waals surface area contributed by atoms with Crippen LogP contribution >= 0.6 is 42.3 Å². The summed E-state index contributed by atoms with van der Waals surface area (Å²) in [5.74, 6) is 1.72. The van der Waals surface area contributed by atoms with Gasteiger partial charge in [0.25, 0.3) is 0 Å². The molecular formula is C24H28Cl3N4O3P. The zero-order chi connectivity index (χ0) is 25.6. The Hall–Kier alpha value is -1.96. The molecule has 0 bridgehead atoms. The predicted octanol–water partition coefficient (Wildman–Crippen LogP) is 7.38. The van der Waals surface area contributed by atoms with Gasteiger partial charge in [-0.05, 0) is 101 Å². The molecule has 0 aromatic heterocycles. The molecule has 3 aromatic carbocycles. The van der Waals surface area contributed by atoms with Crippen LogP contribution in [-0.2, 0) is 0 Å². The Labute approximate surface area is 221 Å². The summed E-state index contributed by atoms with van der Waals surface area (Å²) in [5, 5.41) is 1.83. The number of rotatable bonds is 10. The summed E-state index contributed by atoms with van der Waals surface area (Å²) in [5.41, 5.74) is 0. The molecule has 188 valence electrons. The lowest BCUT2D eigenvalue weighted by Gasteiger charge is -2.43. The van der Waals surface area contributed by atoms with Crippen molar-refractivity contribution in [3.63, 3.8) is 0 Å². The summed E-state index contributed by atoms with van der Waals surface area (Å²) in [7, 11) is 6.91. The van der Waals surface area contributed by atoms with Crippen molar-refractivity contribution >= 4 is 42.3 Å². The molecule has 0 heterocycles. The van der Waals surface area contributed by atoms with Crippen molar-refractivity contribution in [1.29, 1.82) is 0 Å². The number of hydrogen-bond acceptors (Lipinski definition) is 4. The minimum absolute atomic E-state index is 0.560. The topological polar surface area (TPSA) is 49.8 Å². The first-order valence-corrected chi connectivity index (χ1v) is 13.3. The van der Waals surface area contributed by atoms with Crippen LogP contribution in [0.2, 0.25) is 15.1 Å². The highest BCUT2D eigenvalue weighted by atomic mass is 35.5. The maximum Gasteiger partial charge on any atom is 0.310 e. The summed E-state index contributed by atoms with van der Waals surface area (Å²) in [4.78, 5) is 10.6. The Morgan fingerprint density at radius 1 is 0.600 bits per heavy atom. The maximum absolute atomic E-state index is 6.29. The van der Waals surface area contributed by atoms with E-state index in [0.717, 1.165) is 0 Å². The van der Waals surface area contributed by atoms with Crippen molar-refractivity contribution in [2.24, 2.45) is 4.91 Å². The summed E-state index contributed by atoms with van der Waals surface area (Å²) in [6, 6.07) is 21.2. The van der Waals surface area contributed by atoms with Gasteiger partial charge in [-0.15, -0.1) is 0 Å². The number of halogens is 3. The Morgan fingerprint density at radius 3 is 1.29 bits per heavy atom. The van der Waals surface area contributed by atoms with Gasteiger partial charge in [-0.3, -0.25) is 0 Å². The third-order valence-corrected chi connectivity index (χ3v) is 9.21. The lowest BCUT2D eigenvalue weighted by molar-refractivity contribution is -0.0703. The normalized spacial score (nSPS) is 11.9. The van der Waals surface area contributed by atoms with Crippen LogP contribution in [0.1, 0.15) is 0 Å². The number of benzene rings is 3. The minimum Gasteiger partial charge on any atom is -0.441 e. The Bertz CT molecular complexity index is 1080. The first-order valence-electron chi connectivity index (χ1n) is 10.6. The zero-order valence-corrected chi connectivity index (χ0v) is 23.3. The lowest BCUT2D eigenvalue weighted by atomic mass is 10.3. The average molecular weight is 558 g/mol. The van der Waals surface area contributed by atoms with Crippen molar-refractivity contribution in [3.05, 3.63) is 87.9 Å². The molecule has 0 radical (unpaired) electrons. The monoisotopic (exact) mass is 556 g/mol. The standard InChI is InChI=1S/C24H28Cl3N4O3P/c1-29(2)35(30(3)4,28-34-23-16-10-20(27)11-17-23)31(5)24(32-21-12-6-18(25)7-13-21)33-22-14-8-19(26)9-15-22/h6-17,24H,1-5H3. The molecule has 0 N–H and O–H groups in total. The molecule has 0 aliphatic rings. The van der Waals surface area contributed by atoms with Gasteiger partial charge < -0.3 is 14.3 Å². The van der Waals surface area contributed by atoms with E-state index in [2.05, 4.69) is 0 Å². The van der Waals surface area contributed by atoms with Gasteiger partial charge in [0.15, 0.2) is 5.75 Å². The molecule has 0 unspecified atom stereocenters. The number of nitrogens with zero attached hydrogens (tertiary/aromatic N) is 4. The van der Waals surface area contributed by atoms with Gasteiger partial charge >= 0.3 is 6.41 Å². The highest BCUT2D eigenvalue weighted by molar-refractivity contribution is 7.58. The lowest BCUT2D eigenvalue weighted by Crippen LogP contribution is -2.45. The molecule has 7 nitrogen and oxygen atoms in total. The van der Waals surface area contributed by atoms with Gasteiger partial charge in [0.05, 0.1) is 0 Å². The number of ether oxygens (including phenoxy) is 2. The second-order valence-electron chi connectivity index (χ2n) is 7.88. The van der Waals surface area contributed by atoms with Crippen LogP contribution in [0.5, 0.6) is 17.2 Å². The predicted molar refractivity (Wildman–Crippen MR) is 145 cm³/mol. The first kappa shape index (κ1) is 27.6. The fourth-order valence-electron chi connectivity index (χ4n) is 3.29. The quantitative estimate of drug-likeness (QED) is 0.147. The summed E-state index contributed by atoms with van der Waals surface area (Å²) in [6.45, 7) is 0. The molecule has 0 amide bonds. The maximum atomic E-state index is 6.29. The number of hydrogen-bond donors (Lipinski definition) is 0. The van der Waals surface area contributed by atoms with Gasteiger partial charge in [-0.25, -0.2) is 9.34 Å². The summed E-state index contributed by atoms with van der Waals surface area (Å²) >= 11 is 18.1. The van der Waals surface area contributed by atoms with E-state index in [4.69, 9.17) is 54.0 Å². The van der Waals surface area contributed by atoms with Crippen molar-refractivity contribution in [2.75, 3.05) is 35.2 Å². The molecule has 0 aliphatic heterocycles. The molecule has 3 aromatic rings. The molecule has 35 heavy (non-hydrogen) atoms. The van der Waals surface area contributed by atoms with Gasteiger partial charge in [0.2, 0.25) is 7.51 Å². The van der Waals surface area contributed by atoms with E-state index in [9.17, 15) is 0 Å². The highest BCUT2D eigenvalue weighted by Crippen LogP contribution is 2.57. The van der Waals surface area contributed by atoms with Crippen LogP contribution in [0.3, 0.4) is 0 Å². The molecular weight excluding hydrogens is 530 g/mol. The molecule has 0 saturated heterocycles. The molecule has 11 heteroatoms. The van der Waals surface area contributed by atoms with Gasteiger partial charge in [0.1, 0.15) is 11.5 Å². The fourth-order valence-corrected chi connectivity index (χ4v) is 6.47. The molecule has 0 saturated carbocycles. The van der Waals surface area contributed by atoms with Gasteiger partial charge in [-0.2, -0.15) is 4.67 Å². The second-order valence-corrected chi connectivity index (χ2v) is 12.7. The smallest absolute Gasteiger partial charge is 0.310 e. The van der Waals surface area contributed by atoms with Crippen molar-refractivity contribution in [1.82, 2.24) is 14.0 Å². The second kappa shape index (κ2) is 12.3. The fraction of sp³-hybridized carbons (Fsp3) is 0.250. The van der Waals surface area contributed by atoms with E-state index in [1.54, 1.807) is 72.8 Å². The molecule has 3 rings (SSSR count). The third-order valence-electron chi connectivity index (χ3n) is 4.97. The first-order chi connectivity index (χ1) is 16.6. The van der Waals surface area contributed by atoms with Crippen molar-refractivity contribution in [3.8, 4) is 17.2 Å². The average Bonchev–Trinajstić information content (AvgIpc) is 2.82. The van der Waals surface area contributed by atoms with Gasteiger partial charge in [-0.1, -0.05) is 39.7 Å². The largest absolute Gasteiger partial charge is 0.441 e. The van der Waals surface area contributed by atoms with Crippen LogP contribution in [0, 0.1) is 0 Å². The molecule has 0 fully saturated rings. The van der Waals surface area contributed by atoms with E-state index in [0.29, 0.717) is 32.3 Å². The Balaban J connectivity index is 2.03. The Morgan fingerprint density at radius 2 is 0.943 bits per heavy atom. The van der Waals surface area contributed by atoms with E-state index in [-0.39, 0.29) is 0 Å². The van der Waals surface area contributed by atoms with E-state index in [1.165, 1.54) is 0 Å². The molecule has 0 spiro atoms. The van der Waals surface area contributed by atoms with E-state index >= 15 is 0 Å². The SMILES string of the molecule is CN(C)P(=NOc1ccc(Cl)cc1)(N(C)C)N(C)C(Oc1ccc(Cl)cc1)Oc1ccc(Cl)cc1. The Kier molecular flexibility index (Phi) is 9.73. The minimum atomic E-state index is -2.69. The summed E-state index contributed by atoms with van der Waals surface area (Å²) < 4.78 is 18.5. The van der Waals surface area contributed by atoms with E-state index in [1.807, 2.05) is 49.2 Å². The van der Waals surface area contributed by atoms with Crippen LogP contribution in [0.25, 0.3) is 0 Å². The van der Waals surface area contributed by atoms with Gasteiger partial charge in [0, 0.05) is 22.1 Å². The third kappa shape index (κ3) is 7.05. The highest BCUT2D eigenvalue weighted by Gasteiger charge is 2.39. The van der Waals surface area contributed by atoms with Crippen molar-refractivity contribution in [2.45, 2.75) is 6.41 Å². The molecule has 0 atom stereocenters. The van der Waals surface area contributed by atoms with Crippen LogP contribution < -0.4 is 14.3 Å². The summed E-state index contributed by atoms with van der Waals surface area (Å²) in [6.07, 6.45) is -0.881. The van der Waals surface area contributed by atoms with Crippen LogP contribution in [0.15, 0.2) is 77.7 Å². The zero-order valence-electron chi connectivity index (χ0n) is 20.1. The van der Waals surface area contributed by atoms with E-state index < -0.39 is 13.9 Å². The molecule has 0 aliphatic carbocycles.